The van der Waals surface area contributed by atoms with Crippen molar-refractivity contribution in [3.8, 4) is 0 Å². The predicted molar refractivity (Wildman–Crippen MR) is 109 cm³/mol. The van der Waals surface area contributed by atoms with Crippen LogP contribution < -0.4 is 10.2 Å². The summed E-state index contributed by atoms with van der Waals surface area (Å²) in [6.45, 7) is 0.739. The van der Waals surface area contributed by atoms with Crippen molar-refractivity contribution in [1.82, 2.24) is 14.9 Å². The molecule has 0 unspecified atom stereocenters. The van der Waals surface area contributed by atoms with Gasteiger partial charge in [0.1, 0.15) is 5.69 Å². The molecule has 1 saturated carbocycles. The summed E-state index contributed by atoms with van der Waals surface area (Å²) in [5, 5.41) is 3.16. The smallest absolute Gasteiger partial charge is 0.294 e. The summed E-state index contributed by atoms with van der Waals surface area (Å²) in [5.41, 5.74) is 2.16. The first-order chi connectivity index (χ1) is 13.6. The zero-order chi connectivity index (χ0) is 19.5. The van der Waals surface area contributed by atoms with Crippen molar-refractivity contribution in [2.45, 2.75) is 64.0 Å². The largest absolute Gasteiger partial charge is 0.348 e. The fourth-order valence-corrected chi connectivity index (χ4v) is 4.31. The summed E-state index contributed by atoms with van der Waals surface area (Å²) in [6, 6.07) is 9.76. The number of aromatic nitrogens is 2. The molecule has 2 aliphatic rings. The molecule has 1 aromatic heterocycles. The molecule has 4 rings (SSSR count). The SMILES string of the molecule is CN(C(=O)c1nc(C(=O)NC2CCCCC2)c2n1CCCC2)c1ccccc1. The molecule has 6 heteroatoms. The first-order valence-electron chi connectivity index (χ1n) is 10.4. The van der Waals surface area contributed by atoms with E-state index in [0.717, 1.165) is 62.9 Å². The maximum absolute atomic E-state index is 13.2. The number of para-hydroxylation sites is 1. The molecule has 0 saturated heterocycles. The quantitative estimate of drug-likeness (QED) is 0.882. The van der Waals surface area contributed by atoms with E-state index in [1.54, 1.807) is 11.9 Å². The lowest BCUT2D eigenvalue weighted by atomic mass is 9.95. The van der Waals surface area contributed by atoms with E-state index in [9.17, 15) is 9.59 Å². The van der Waals surface area contributed by atoms with Crippen molar-refractivity contribution in [3.63, 3.8) is 0 Å². The molecule has 2 heterocycles. The van der Waals surface area contributed by atoms with Gasteiger partial charge in [-0.3, -0.25) is 9.59 Å². The number of nitrogens with one attached hydrogen (secondary N) is 1. The Morgan fingerprint density at radius 2 is 1.82 bits per heavy atom. The Morgan fingerprint density at radius 3 is 2.57 bits per heavy atom. The van der Waals surface area contributed by atoms with Gasteiger partial charge in [-0.2, -0.15) is 0 Å². The van der Waals surface area contributed by atoms with Crippen LogP contribution in [-0.4, -0.2) is 34.5 Å². The maximum atomic E-state index is 13.2. The maximum Gasteiger partial charge on any atom is 0.294 e. The van der Waals surface area contributed by atoms with Crippen molar-refractivity contribution >= 4 is 17.5 Å². The normalized spacial score (nSPS) is 17.0. The van der Waals surface area contributed by atoms with Gasteiger partial charge in [-0.1, -0.05) is 37.5 Å². The minimum absolute atomic E-state index is 0.126. The number of fused-ring (bicyclic) bond motifs is 1. The highest BCUT2D eigenvalue weighted by Gasteiger charge is 2.30. The second-order valence-corrected chi connectivity index (χ2v) is 7.85. The van der Waals surface area contributed by atoms with Gasteiger partial charge in [0.25, 0.3) is 11.8 Å². The highest BCUT2D eigenvalue weighted by molar-refractivity contribution is 6.05. The Hall–Kier alpha value is -2.63. The average molecular weight is 380 g/mol. The minimum Gasteiger partial charge on any atom is -0.348 e. The van der Waals surface area contributed by atoms with E-state index < -0.39 is 0 Å². The number of imidazole rings is 1. The molecule has 0 bridgehead atoms. The van der Waals surface area contributed by atoms with Gasteiger partial charge >= 0.3 is 0 Å². The number of nitrogens with zero attached hydrogens (tertiary/aromatic N) is 3. The molecule has 0 atom stereocenters. The number of amides is 2. The molecule has 6 nitrogen and oxygen atoms in total. The lowest BCUT2D eigenvalue weighted by Gasteiger charge is -2.23. The third-order valence-corrected chi connectivity index (χ3v) is 5.91. The molecule has 1 fully saturated rings. The molecule has 1 aliphatic carbocycles. The molecule has 0 radical (unpaired) electrons. The topological polar surface area (TPSA) is 67.2 Å². The molecule has 1 aliphatic heterocycles. The first-order valence-corrected chi connectivity index (χ1v) is 10.4. The van der Waals surface area contributed by atoms with Crippen LogP contribution in [0.4, 0.5) is 5.69 Å². The van der Waals surface area contributed by atoms with Gasteiger partial charge in [-0.05, 0) is 44.2 Å². The van der Waals surface area contributed by atoms with Crippen LogP contribution in [0.2, 0.25) is 0 Å². The van der Waals surface area contributed by atoms with Crippen molar-refractivity contribution in [1.29, 1.82) is 0 Å². The van der Waals surface area contributed by atoms with Crippen LogP contribution in [0.5, 0.6) is 0 Å². The highest BCUT2D eigenvalue weighted by atomic mass is 16.2. The predicted octanol–water partition coefficient (Wildman–Crippen LogP) is 3.56. The summed E-state index contributed by atoms with van der Waals surface area (Å²) >= 11 is 0. The molecular formula is C22H28N4O2. The zero-order valence-corrected chi connectivity index (χ0v) is 16.5. The Balaban J connectivity index is 1.61. The fraction of sp³-hybridized carbons (Fsp3) is 0.500. The number of rotatable bonds is 4. The van der Waals surface area contributed by atoms with E-state index in [4.69, 9.17) is 0 Å². The van der Waals surface area contributed by atoms with E-state index in [2.05, 4.69) is 10.3 Å². The van der Waals surface area contributed by atoms with Gasteiger partial charge in [0, 0.05) is 25.3 Å². The van der Waals surface area contributed by atoms with Crippen LogP contribution >= 0.6 is 0 Å². The van der Waals surface area contributed by atoms with Gasteiger partial charge in [-0.15, -0.1) is 0 Å². The van der Waals surface area contributed by atoms with E-state index >= 15 is 0 Å². The van der Waals surface area contributed by atoms with Crippen LogP contribution in [0.15, 0.2) is 30.3 Å². The van der Waals surface area contributed by atoms with E-state index in [0.29, 0.717) is 11.5 Å². The van der Waals surface area contributed by atoms with Gasteiger partial charge in [0.15, 0.2) is 0 Å². The van der Waals surface area contributed by atoms with E-state index in [1.807, 2.05) is 34.9 Å². The molecule has 0 spiro atoms. The summed E-state index contributed by atoms with van der Waals surface area (Å²) in [4.78, 5) is 32.3. The monoisotopic (exact) mass is 380 g/mol. The summed E-state index contributed by atoms with van der Waals surface area (Å²) in [7, 11) is 1.75. The first kappa shape index (κ1) is 18.7. The molecule has 148 valence electrons. The Labute approximate surface area is 165 Å². The number of hydrogen-bond acceptors (Lipinski definition) is 3. The van der Waals surface area contributed by atoms with Crippen molar-refractivity contribution in [3.05, 3.63) is 47.5 Å². The minimum atomic E-state index is -0.175. The van der Waals surface area contributed by atoms with Crippen LogP contribution in [0.1, 0.15) is 71.7 Å². The Morgan fingerprint density at radius 1 is 1.07 bits per heavy atom. The molecule has 1 aromatic carbocycles. The number of anilines is 1. The number of benzene rings is 1. The number of carbonyl (C=O) groups excluding carboxylic acids is 2. The third kappa shape index (κ3) is 3.68. The van der Waals surface area contributed by atoms with Crippen molar-refractivity contribution < 1.29 is 9.59 Å². The molecule has 28 heavy (non-hydrogen) atoms. The summed E-state index contributed by atoms with van der Waals surface area (Å²) < 4.78 is 1.96. The van der Waals surface area contributed by atoms with Gasteiger partial charge in [-0.25, -0.2) is 4.98 Å². The highest BCUT2D eigenvalue weighted by Crippen LogP contribution is 2.24. The van der Waals surface area contributed by atoms with Crippen LogP contribution in [0, 0.1) is 0 Å². The molecule has 2 amide bonds. The van der Waals surface area contributed by atoms with Crippen LogP contribution in [0.25, 0.3) is 0 Å². The lowest BCUT2D eigenvalue weighted by Crippen LogP contribution is -2.37. The fourth-order valence-electron chi connectivity index (χ4n) is 4.31. The van der Waals surface area contributed by atoms with Crippen LogP contribution in [0.3, 0.4) is 0 Å². The lowest BCUT2D eigenvalue weighted by molar-refractivity contribution is 0.0921. The van der Waals surface area contributed by atoms with Crippen LogP contribution in [-0.2, 0) is 13.0 Å². The summed E-state index contributed by atoms with van der Waals surface area (Å²) in [5.74, 6) is 0.0693. The van der Waals surface area contributed by atoms with E-state index in [1.165, 1.54) is 6.42 Å². The van der Waals surface area contributed by atoms with Crippen molar-refractivity contribution in [2.24, 2.45) is 0 Å². The second-order valence-electron chi connectivity index (χ2n) is 7.85. The average Bonchev–Trinajstić information content (AvgIpc) is 3.14. The molecular weight excluding hydrogens is 352 g/mol. The number of hydrogen-bond donors (Lipinski definition) is 1. The van der Waals surface area contributed by atoms with Gasteiger partial charge in [0.2, 0.25) is 5.82 Å². The third-order valence-electron chi connectivity index (χ3n) is 5.91. The Bertz CT molecular complexity index is 853. The van der Waals surface area contributed by atoms with Crippen molar-refractivity contribution in [2.75, 3.05) is 11.9 Å². The van der Waals surface area contributed by atoms with Gasteiger partial charge in [0.05, 0.1) is 5.69 Å². The molecule has 2 aromatic rings. The second kappa shape index (κ2) is 8.17. The standard InChI is InChI=1S/C22H28N4O2/c1-25(17-12-6-3-7-13-17)22(28)20-24-19(18-14-8-9-15-26(18)20)21(27)23-16-10-4-2-5-11-16/h3,6-7,12-13,16H,2,4-5,8-11,14-15H2,1H3,(H,23,27). The summed E-state index contributed by atoms with van der Waals surface area (Å²) in [6.07, 6.45) is 8.46. The van der Waals surface area contributed by atoms with E-state index in [-0.39, 0.29) is 17.9 Å². The zero-order valence-electron chi connectivity index (χ0n) is 16.5. The van der Waals surface area contributed by atoms with Gasteiger partial charge < -0.3 is 14.8 Å². The number of carbonyl (C=O) groups is 2. The molecule has 1 N–H and O–H groups in total. The Kier molecular flexibility index (Phi) is 5.46.